The van der Waals surface area contributed by atoms with Crippen LogP contribution in [0.3, 0.4) is 0 Å². The second-order valence-corrected chi connectivity index (χ2v) is 6.57. The molecule has 23 heavy (non-hydrogen) atoms. The highest BCUT2D eigenvalue weighted by Gasteiger charge is 2.38. The van der Waals surface area contributed by atoms with Gasteiger partial charge in [-0.1, -0.05) is 6.07 Å². The lowest BCUT2D eigenvalue weighted by Gasteiger charge is -2.34. The lowest BCUT2D eigenvalue weighted by Crippen LogP contribution is -2.51. The van der Waals surface area contributed by atoms with E-state index in [0.29, 0.717) is 6.54 Å². The van der Waals surface area contributed by atoms with Gasteiger partial charge in [-0.15, -0.1) is 0 Å². The summed E-state index contributed by atoms with van der Waals surface area (Å²) >= 11 is 0. The van der Waals surface area contributed by atoms with E-state index in [1.54, 1.807) is 30.9 Å². The zero-order valence-electron chi connectivity index (χ0n) is 14.1. The summed E-state index contributed by atoms with van der Waals surface area (Å²) < 4.78 is 18.4. The number of rotatable bonds is 4. The lowest BCUT2D eigenvalue weighted by molar-refractivity contribution is 0.00951. The van der Waals surface area contributed by atoms with Crippen molar-refractivity contribution < 1.29 is 19.0 Å². The van der Waals surface area contributed by atoms with Crippen molar-refractivity contribution in [2.45, 2.75) is 51.3 Å². The highest BCUT2D eigenvalue weighted by Crippen LogP contribution is 2.28. The molecule has 0 bridgehead atoms. The number of carbonyl (C=O) groups excluding carboxylic acids is 1. The van der Waals surface area contributed by atoms with Gasteiger partial charge < -0.3 is 20.1 Å². The summed E-state index contributed by atoms with van der Waals surface area (Å²) in [4.78, 5) is 14.2. The van der Waals surface area contributed by atoms with E-state index < -0.39 is 11.4 Å². The third kappa shape index (κ3) is 3.93. The van der Waals surface area contributed by atoms with Crippen molar-refractivity contribution in [3.8, 4) is 5.75 Å². The van der Waals surface area contributed by atoms with E-state index in [2.05, 4.69) is 5.32 Å². The summed E-state index contributed by atoms with van der Waals surface area (Å²) in [6.07, 6.45) is 1.66. The molecule has 1 heterocycles. The van der Waals surface area contributed by atoms with Crippen LogP contribution in [0.1, 0.15) is 45.2 Å². The van der Waals surface area contributed by atoms with Crippen LogP contribution >= 0.6 is 0 Å². The maximum absolute atomic E-state index is 13.5. The minimum Gasteiger partial charge on any atom is -0.494 e. The zero-order valence-corrected chi connectivity index (χ0v) is 14.1. The molecule has 1 aromatic carbocycles. The molecule has 1 aliphatic heterocycles. The zero-order chi connectivity index (χ0) is 17.2. The Bertz CT molecular complexity index is 571. The van der Waals surface area contributed by atoms with E-state index in [0.717, 1.165) is 18.4 Å². The van der Waals surface area contributed by atoms with E-state index in [1.165, 1.54) is 13.2 Å². The van der Waals surface area contributed by atoms with Crippen molar-refractivity contribution in [2.24, 2.45) is 0 Å². The number of amides is 2. The summed E-state index contributed by atoms with van der Waals surface area (Å²) in [5.74, 6) is -0.282. The fourth-order valence-electron chi connectivity index (χ4n) is 3.04. The van der Waals surface area contributed by atoms with Gasteiger partial charge in [0.05, 0.1) is 24.8 Å². The molecule has 0 aromatic heterocycles. The quantitative estimate of drug-likeness (QED) is 0.895. The number of likely N-dealkylation sites (tertiary alicyclic amines) is 1. The summed E-state index contributed by atoms with van der Waals surface area (Å²) in [5, 5.41) is 13.1. The second-order valence-electron chi connectivity index (χ2n) is 6.57. The molecule has 2 amide bonds. The molecule has 1 aromatic rings. The van der Waals surface area contributed by atoms with Gasteiger partial charge in [0, 0.05) is 6.54 Å². The highest BCUT2D eigenvalue weighted by molar-refractivity contribution is 5.75. The van der Waals surface area contributed by atoms with E-state index in [1.807, 2.05) is 6.92 Å². The lowest BCUT2D eigenvalue weighted by atomic mass is 9.97. The van der Waals surface area contributed by atoms with Gasteiger partial charge >= 0.3 is 6.03 Å². The minimum absolute atomic E-state index is 0.152. The number of methoxy groups -OCH3 is 1. The Labute approximate surface area is 136 Å². The molecule has 1 saturated heterocycles. The predicted molar refractivity (Wildman–Crippen MR) is 85.9 cm³/mol. The number of nitrogens with one attached hydrogen (secondary N) is 1. The summed E-state index contributed by atoms with van der Waals surface area (Å²) in [5.41, 5.74) is -0.175. The summed E-state index contributed by atoms with van der Waals surface area (Å²) in [7, 11) is 1.41. The number of aliphatic hydroxyl groups is 1. The molecule has 1 aliphatic rings. The molecular weight excluding hydrogens is 299 g/mol. The van der Waals surface area contributed by atoms with Crippen LogP contribution in [0.5, 0.6) is 5.75 Å². The summed E-state index contributed by atoms with van der Waals surface area (Å²) in [6, 6.07) is 3.83. The first-order chi connectivity index (χ1) is 10.7. The molecule has 6 heteroatoms. The Balaban J connectivity index is 2.07. The number of hydrogen-bond acceptors (Lipinski definition) is 3. The first-order valence-electron chi connectivity index (χ1n) is 7.87. The third-order valence-electron chi connectivity index (χ3n) is 4.34. The van der Waals surface area contributed by atoms with E-state index in [9.17, 15) is 14.3 Å². The highest BCUT2D eigenvalue weighted by atomic mass is 19.1. The molecule has 2 rings (SSSR count). The molecule has 128 valence electrons. The SMILES string of the molecule is COc1cc([C@@H](C)NC(=O)N2CCC[C@H]2C(C)(C)O)ccc1F. The van der Waals surface area contributed by atoms with Crippen LogP contribution in [0.2, 0.25) is 0 Å². The Hall–Kier alpha value is -1.82. The predicted octanol–water partition coefficient (Wildman–Crippen LogP) is 2.84. The van der Waals surface area contributed by atoms with Crippen molar-refractivity contribution in [1.29, 1.82) is 0 Å². The molecule has 2 N–H and O–H groups in total. The van der Waals surface area contributed by atoms with Crippen LogP contribution in [0, 0.1) is 5.82 Å². The van der Waals surface area contributed by atoms with Crippen molar-refractivity contribution in [3.63, 3.8) is 0 Å². The second kappa shape index (κ2) is 6.74. The normalized spacial score (nSPS) is 19.6. The molecule has 0 radical (unpaired) electrons. The van der Waals surface area contributed by atoms with Gasteiger partial charge in [-0.2, -0.15) is 0 Å². The van der Waals surface area contributed by atoms with Gasteiger partial charge in [-0.05, 0) is 51.3 Å². The van der Waals surface area contributed by atoms with Crippen LogP contribution in [-0.2, 0) is 0 Å². The van der Waals surface area contributed by atoms with Gasteiger partial charge in [0.1, 0.15) is 0 Å². The molecule has 5 nitrogen and oxygen atoms in total. The Morgan fingerprint density at radius 2 is 2.22 bits per heavy atom. The summed E-state index contributed by atoms with van der Waals surface area (Å²) in [6.45, 7) is 5.90. The average molecular weight is 324 g/mol. The fraction of sp³-hybridized carbons (Fsp3) is 0.588. The maximum atomic E-state index is 13.5. The molecular formula is C17H25FN2O3. The molecule has 0 saturated carbocycles. The van der Waals surface area contributed by atoms with Gasteiger partial charge in [0.15, 0.2) is 11.6 Å². The molecule has 2 atom stereocenters. The smallest absolute Gasteiger partial charge is 0.318 e. The van der Waals surface area contributed by atoms with Crippen molar-refractivity contribution >= 4 is 6.03 Å². The van der Waals surface area contributed by atoms with Crippen molar-refractivity contribution in [3.05, 3.63) is 29.6 Å². The monoisotopic (exact) mass is 324 g/mol. The number of benzene rings is 1. The number of carbonyl (C=O) groups is 1. The van der Waals surface area contributed by atoms with E-state index in [4.69, 9.17) is 4.74 Å². The first-order valence-corrected chi connectivity index (χ1v) is 7.87. The average Bonchev–Trinajstić information content (AvgIpc) is 2.97. The topological polar surface area (TPSA) is 61.8 Å². The Morgan fingerprint density at radius 3 is 2.83 bits per heavy atom. The van der Waals surface area contributed by atoms with Gasteiger partial charge in [-0.3, -0.25) is 0 Å². The Morgan fingerprint density at radius 1 is 1.52 bits per heavy atom. The van der Waals surface area contributed by atoms with E-state index >= 15 is 0 Å². The molecule has 0 spiro atoms. The van der Waals surface area contributed by atoms with E-state index in [-0.39, 0.29) is 23.9 Å². The van der Waals surface area contributed by atoms with Crippen LogP contribution in [0.4, 0.5) is 9.18 Å². The number of halogens is 1. The van der Waals surface area contributed by atoms with Crippen LogP contribution in [0.15, 0.2) is 18.2 Å². The third-order valence-corrected chi connectivity index (χ3v) is 4.34. The number of hydrogen-bond donors (Lipinski definition) is 2. The molecule has 0 unspecified atom stereocenters. The largest absolute Gasteiger partial charge is 0.494 e. The number of urea groups is 1. The van der Waals surface area contributed by atoms with Crippen LogP contribution in [-0.4, -0.2) is 41.3 Å². The van der Waals surface area contributed by atoms with Crippen LogP contribution in [0.25, 0.3) is 0 Å². The molecule has 0 aliphatic carbocycles. The van der Waals surface area contributed by atoms with Gasteiger partial charge in [-0.25, -0.2) is 9.18 Å². The Kier molecular flexibility index (Phi) is 5.14. The first kappa shape index (κ1) is 17.5. The van der Waals surface area contributed by atoms with Gasteiger partial charge in [0.2, 0.25) is 0 Å². The number of ether oxygens (including phenoxy) is 1. The maximum Gasteiger partial charge on any atom is 0.318 e. The van der Waals surface area contributed by atoms with Crippen LogP contribution < -0.4 is 10.1 Å². The van der Waals surface area contributed by atoms with Crippen molar-refractivity contribution in [2.75, 3.05) is 13.7 Å². The standard InChI is InChI=1S/C17H25FN2O3/c1-11(12-7-8-13(18)14(10-12)23-4)19-16(21)20-9-5-6-15(20)17(2,3)22/h7-8,10-11,15,22H,5-6,9H2,1-4H3,(H,19,21)/t11-,15+/m1/s1. The van der Waals surface area contributed by atoms with Crippen molar-refractivity contribution in [1.82, 2.24) is 10.2 Å². The molecule has 1 fully saturated rings. The fourth-order valence-corrected chi connectivity index (χ4v) is 3.04. The number of nitrogens with zero attached hydrogens (tertiary/aromatic N) is 1. The minimum atomic E-state index is -0.934. The van der Waals surface area contributed by atoms with Gasteiger partial charge in [0.25, 0.3) is 0 Å².